The van der Waals surface area contributed by atoms with Gasteiger partial charge in [-0.15, -0.1) is 0 Å². The van der Waals surface area contributed by atoms with Crippen LogP contribution in [0.1, 0.15) is 27.2 Å². The van der Waals surface area contributed by atoms with Crippen molar-refractivity contribution in [3.05, 3.63) is 6.42 Å². The van der Waals surface area contributed by atoms with E-state index in [0.717, 1.165) is 0 Å². The Morgan fingerprint density at radius 1 is 1.56 bits per heavy atom. The molecule has 0 heterocycles. The lowest BCUT2D eigenvalue weighted by Crippen LogP contribution is -2.18. The van der Waals surface area contributed by atoms with E-state index in [2.05, 4.69) is 20.3 Å². The summed E-state index contributed by atoms with van der Waals surface area (Å²) in [6.07, 6.45) is 3.63. The molecule has 0 aromatic heterocycles. The Morgan fingerprint density at radius 2 is 2.11 bits per heavy atom. The number of ether oxygens (including phenoxy) is 1. The van der Waals surface area contributed by atoms with Gasteiger partial charge < -0.3 is 4.74 Å². The zero-order valence-corrected chi connectivity index (χ0v) is 6.85. The molecule has 0 aromatic rings. The van der Waals surface area contributed by atoms with Crippen molar-refractivity contribution < 1.29 is 4.74 Å². The summed E-state index contributed by atoms with van der Waals surface area (Å²) in [5, 5.41) is 0. The molecule has 1 nitrogen and oxygen atoms in total. The van der Waals surface area contributed by atoms with Crippen molar-refractivity contribution in [2.45, 2.75) is 33.3 Å². The maximum absolute atomic E-state index is 5.20. The first-order chi connectivity index (χ1) is 4.26. The van der Waals surface area contributed by atoms with E-state index < -0.39 is 0 Å². The standard InChI is InChI=1S/C8H17O/c1-5-7(3)8(6-2)9-4/h6-8H,5H2,1-4H3. The lowest BCUT2D eigenvalue weighted by molar-refractivity contribution is 0.0827. The van der Waals surface area contributed by atoms with Gasteiger partial charge in [-0.05, 0) is 12.3 Å². The van der Waals surface area contributed by atoms with Gasteiger partial charge >= 0.3 is 0 Å². The van der Waals surface area contributed by atoms with E-state index in [1.807, 2.05) is 6.92 Å². The summed E-state index contributed by atoms with van der Waals surface area (Å²) in [7, 11) is 1.76. The van der Waals surface area contributed by atoms with Gasteiger partial charge in [-0.2, -0.15) is 0 Å². The van der Waals surface area contributed by atoms with E-state index in [1.165, 1.54) is 6.42 Å². The lowest BCUT2D eigenvalue weighted by Gasteiger charge is -2.18. The van der Waals surface area contributed by atoms with Crippen LogP contribution in [0.25, 0.3) is 0 Å². The van der Waals surface area contributed by atoms with E-state index in [4.69, 9.17) is 4.74 Å². The van der Waals surface area contributed by atoms with Gasteiger partial charge in [0.2, 0.25) is 0 Å². The molecule has 0 aliphatic carbocycles. The van der Waals surface area contributed by atoms with Crippen LogP contribution in [0.2, 0.25) is 0 Å². The molecule has 0 aliphatic rings. The first-order valence-electron chi connectivity index (χ1n) is 3.58. The molecule has 0 saturated heterocycles. The summed E-state index contributed by atoms with van der Waals surface area (Å²) < 4.78 is 5.20. The minimum atomic E-state index is 0.343. The molecule has 0 bridgehead atoms. The third-order valence-corrected chi connectivity index (χ3v) is 1.81. The molecule has 2 atom stereocenters. The Morgan fingerprint density at radius 3 is 2.22 bits per heavy atom. The molecule has 9 heavy (non-hydrogen) atoms. The van der Waals surface area contributed by atoms with Crippen LogP contribution in [-0.2, 0) is 4.74 Å². The van der Waals surface area contributed by atoms with Crippen molar-refractivity contribution in [1.82, 2.24) is 0 Å². The number of methoxy groups -OCH3 is 1. The predicted molar refractivity (Wildman–Crippen MR) is 40.2 cm³/mol. The van der Waals surface area contributed by atoms with E-state index in [1.54, 1.807) is 7.11 Å². The van der Waals surface area contributed by atoms with Gasteiger partial charge in [-0.1, -0.05) is 27.2 Å². The van der Waals surface area contributed by atoms with Gasteiger partial charge in [-0.3, -0.25) is 0 Å². The van der Waals surface area contributed by atoms with Crippen LogP contribution in [0.4, 0.5) is 0 Å². The second kappa shape index (κ2) is 4.80. The average Bonchev–Trinajstić information content (AvgIpc) is 1.90. The zero-order chi connectivity index (χ0) is 7.28. The van der Waals surface area contributed by atoms with Gasteiger partial charge in [0, 0.05) is 7.11 Å². The monoisotopic (exact) mass is 129 g/mol. The maximum atomic E-state index is 5.20. The van der Waals surface area contributed by atoms with Crippen LogP contribution in [0.5, 0.6) is 0 Å². The molecule has 0 rings (SSSR count). The second-order valence-electron chi connectivity index (χ2n) is 2.42. The summed E-state index contributed by atoms with van der Waals surface area (Å²) in [5.74, 6) is 0.653. The van der Waals surface area contributed by atoms with Crippen molar-refractivity contribution >= 4 is 0 Å². The lowest BCUT2D eigenvalue weighted by atomic mass is 10.0. The maximum Gasteiger partial charge on any atom is 0.0625 e. The van der Waals surface area contributed by atoms with Crippen molar-refractivity contribution in [1.29, 1.82) is 0 Å². The minimum absolute atomic E-state index is 0.343. The highest BCUT2D eigenvalue weighted by atomic mass is 16.5. The second-order valence-corrected chi connectivity index (χ2v) is 2.42. The van der Waals surface area contributed by atoms with Crippen LogP contribution in [0.3, 0.4) is 0 Å². The molecule has 1 radical (unpaired) electrons. The molecule has 2 unspecified atom stereocenters. The van der Waals surface area contributed by atoms with Crippen molar-refractivity contribution in [2.75, 3.05) is 7.11 Å². The molecule has 0 spiro atoms. The Labute approximate surface area is 58.4 Å². The number of hydrogen-bond acceptors (Lipinski definition) is 1. The van der Waals surface area contributed by atoms with Crippen molar-refractivity contribution in [3.63, 3.8) is 0 Å². The molecule has 0 aliphatic heterocycles. The molecule has 0 N–H and O–H groups in total. The Balaban J connectivity index is 3.50. The van der Waals surface area contributed by atoms with Crippen LogP contribution in [0, 0.1) is 12.3 Å². The molecular weight excluding hydrogens is 112 g/mol. The van der Waals surface area contributed by atoms with E-state index in [9.17, 15) is 0 Å². The molecule has 0 saturated carbocycles. The predicted octanol–water partition coefficient (Wildman–Crippen LogP) is 2.27. The topological polar surface area (TPSA) is 9.23 Å². The molecule has 0 amide bonds. The smallest absolute Gasteiger partial charge is 0.0625 e. The fraction of sp³-hybridized carbons (Fsp3) is 0.875. The quantitative estimate of drug-likeness (QED) is 0.565. The summed E-state index contributed by atoms with van der Waals surface area (Å²) in [6, 6.07) is 0. The Hall–Kier alpha value is -0.0400. The fourth-order valence-corrected chi connectivity index (χ4v) is 0.929. The fourth-order valence-electron chi connectivity index (χ4n) is 0.929. The highest BCUT2D eigenvalue weighted by Gasteiger charge is 2.11. The first-order valence-corrected chi connectivity index (χ1v) is 3.58. The van der Waals surface area contributed by atoms with Gasteiger partial charge in [0.25, 0.3) is 0 Å². The number of hydrogen-bond donors (Lipinski definition) is 0. The first kappa shape index (κ1) is 8.96. The van der Waals surface area contributed by atoms with E-state index >= 15 is 0 Å². The highest BCUT2D eigenvalue weighted by molar-refractivity contribution is 4.75. The zero-order valence-electron chi connectivity index (χ0n) is 6.85. The van der Waals surface area contributed by atoms with Gasteiger partial charge in [-0.25, -0.2) is 0 Å². The van der Waals surface area contributed by atoms with Crippen molar-refractivity contribution in [3.8, 4) is 0 Å². The summed E-state index contributed by atoms with van der Waals surface area (Å²) in [4.78, 5) is 0. The van der Waals surface area contributed by atoms with E-state index in [-0.39, 0.29) is 0 Å². The summed E-state index contributed by atoms with van der Waals surface area (Å²) in [6.45, 7) is 6.43. The Kier molecular flexibility index (Phi) is 4.78. The van der Waals surface area contributed by atoms with Crippen LogP contribution in [-0.4, -0.2) is 13.2 Å². The van der Waals surface area contributed by atoms with Gasteiger partial charge in [0.1, 0.15) is 0 Å². The third kappa shape index (κ3) is 2.85. The molecule has 55 valence electrons. The largest absolute Gasteiger partial charge is 0.381 e. The third-order valence-electron chi connectivity index (χ3n) is 1.81. The Bertz CT molecular complexity index is 57.6. The molecule has 0 aromatic carbocycles. The van der Waals surface area contributed by atoms with Gasteiger partial charge in [0.15, 0.2) is 0 Å². The van der Waals surface area contributed by atoms with Gasteiger partial charge in [0.05, 0.1) is 6.10 Å². The number of rotatable bonds is 4. The normalized spacial score (nSPS) is 17.3. The van der Waals surface area contributed by atoms with Crippen LogP contribution in [0.15, 0.2) is 0 Å². The molecule has 0 fully saturated rings. The van der Waals surface area contributed by atoms with Crippen LogP contribution >= 0.6 is 0 Å². The molecular formula is C8H17O. The molecule has 1 heteroatoms. The summed E-state index contributed by atoms with van der Waals surface area (Å²) >= 11 is 0. The highest BCUT2D eigenvalue weighted by Crippen LogP contribution is 2.12. The minimum Gasteiger partial charge on any atom is -0.381 e. The van der Waals surface area contributed by atoms with E-state index in [0.29, 0.717) is 12.0 Å². The summed E-state index contributed by atoms with van der Waals surface area (Å²) in [5.41, 5.74) is 0. The average molecular weight is 129 g/mol. The SMILES string of the molecule is C[CH]C(OC)C(C)CC. The van der Waals surface area contributed by atoms with Crippen molar-refractivity contribution in [2.24, 2.45) is 5.92 Å². The van der Waals surface area contributed by atoms with Crippen LogP contribution < -0.4 is 0 Å².